The highest BCUT2D eigenvalue weighted by atomic mass is 32.1. The van der Waals surface area contributed by atoms with Gasteiger partial charge in [-0.3, -0.25) is 0 Å². The highest BCUT2D eigenvalue weighted by Crippen LogP contribution is 2.32. The zero-order valence-corrected chi connectivity index (χ0v) is 13.9. The smallest absolute Gasteiger partial charge is 0.116 e. The largest absolute Gasteiger partial charge is 0.333 e. The number of rotatable bonds is 7. The Hall–Kier alpha value is -1.20. The Labute approximate surface area is 130 Å². The van der Waals surface area contributed by atoms with Crippen LogP contribution in [0.15, 0.2) is 12.5 Å². The second-order valence-electron chi connectivity index (χ2n) is 5.79. The van der Waals surface area contributed by atoms with Crippen molar-refractivity contribution < 1.29 is 0 Å². The van der Waals surface area contributed by atoms with Crippen LogP contribution in [0.4, 0.5) is 0 Å². The lowest BCUT2D eigenvalue weighted by atomic mass is 10.2. The normalized spacial score (nSPS) is 16.3. The third kappa shape index (κ3) is 3.19. The molecule has 21 heavy (non-hydrogen) atoms. The minimum absolute atomic E-state index is 0.190. The average molecular weight is 304 g/mol. The van der Waals surface area contributed by atoms with Crippen molar-refractivity contribution in [3.8, 4) is 0 Å². The van der Waals surface area contributed by atoms with E-state index in [9.17, 15) is 0 Å². The Morgan fingerprint density at radius 2 is 2.24 bits per heavy atom. The van der Waals surface area contributed by atoms with Gasteiger partial charge in [-0.2, -0.15) is 0 Å². The molecule has 0 spiro atoms. The molecule has 1 unspecified atom stereocenters. The first-order valence-corrected chi connectivity index (χ1v) is 8.76. The van der Waals surface area contributed by atoms with E-state index in [1.165, 1.54) is 34.1 Å². The molecule has 0 aromatic carbocycles. The summed E-state index contributed by atoms with van der Waals surface area (Å²) in [5, 5.41) is 4.95. The van der Waals surface area contributed by atoms with Gasteiger partial charge in [0.15, 0.2) is 0 Å². The van der Waals surface area contributed by atoms with Crippen LogP contribution in [0.3, 0.4) is 0 Å². The first-order valence-electron chi connectivity index (χ1n) is 7.95. The molecule has 114 valence electrons. The topological polar surface area (TPSA) is 42.7 Å². The van der Waals surface area contributed by atoms with Crippen LogP contribution in [0.2, 0.25) is 0 Å². The number of hydrogen-bond donors (Lipinski definition) is 1. The van der Waals surface area contributed by atoms with Crippen LogP contribution >= 0.6 is 11.3 Å². The highest BCUT2D eigenvalue weighted by Gasteiger charge is 2.30. The van der Waals surface area contributed by atoms with Gasteiger partial charge < -0.3 is 9.88 Å². The molecule has 1 aliphatic rings. The molecule has 5 heteroatoms. The minimum Gasteiger partial charge on any atom is -0.333 e. The molecule has 0 radical (unpaired) electrons. The van der Waals surface area contributed by atoms with Crippen LogP contribution in [-0.2, 0) is 13.0 Å². The molecule has 1 saturated carbocycles. The van der Waals surface area contributed by atoms with Crippen LogP contribution in [0, 0.1) is 6.92 Å². The summed E-state index contributed by atoms with van der Waals surface area (Å²) in [6.07, 6.45) is 8.63. The fraction of sp³-hybridized carbons (Fsp3) is 0.625. The Bertz CT molecular complexity index is 597. The van der Waals surface area contributed by atoms with E-state index < -0.39 is 0 Å². The number of aryl methyl sites for hydroxylation is 3. The molecule has 2 aromatic heterocycles. The first kappa shape index (κ1) is 14.7. The molecule has 0 aliphatic heterocycles. The summed E-state index contributed by atoms with van der Waals surface area (Å²) in [6, 6.07) is 0.838. The summed E-state index contributed by atoms with van der Waals surface area (Å²) in [4.78, 5) is 10.6. The summed E-state index contributed by atoms with van der Waals surface area (Å²) in [7, 11) is 0. The maximum atomic E-state index is 4.88. The van der Waals surface area contributed by atoms with Gasteiger partial charge in [-0.25, -0.2) is 9.97 Å². The quantitative estimate of drug-likeness (QED) is 0.852. The van der Waals surface area contributed by atoms with Crippen LogP contribution in [-0.4, -0.2) is 20.6 Å². The maximum absolute atomic E-state index is 4.88. The van der Waals surface area contributed by atoms with Crippen molar-refractivity contribution >= 4 is 11.3 Å². The number of aromatic nitrogens is 3. The van der Waals surface area contributed by atoms with Gasteiger partial charge in [0.1, 0.15) is 11.0 Å². The molecule has 0 amide bonds. The summed E-state index contributed by atoms with van der Waals surface area (Å²) >= 11 is 1.83. The summed E-state index contributed by atoms with van der Waals surface area (Å²) in [5.41, 5.74) is 2.49. The third-order valence-electron chi connectivity index (χ3n) is 3.98. The lowest BCUT2D eigenvalue weighted by Gasteiger charge is -2.18. The predicted octanol–water partition coefficient (Wildman–Crippen LogP) is 3.46. The minimum atomic E-state index is 0.190. The Morgan fingerprint density at radius 3 is 2.86 bits per heavy atom. The van der Waals surface area contributed by atoms with E-state index in [1.54, 1.807) is 0 Å². The molecule has 0 bridgehead atoms. The number of nitrogens with one attached hydrogen (secondary N) is 1. The Kier molecular flexibility index (Phi) is 4.40. The second-order valence-corrected chi connectivity index (χ2v) is 7.03. The lowest BCUT2D eigenvalue weighted by molar-refractivity contribution is 0.540. The monoisotopic (exact) mass is 304 g/mol. The number of thiazole rings is 1. The molecule has 1 atom stereocenters. The molecule has 1 N–H and O–H groups in total. The molecule has 2 aromatic rings. The van der Waals surface area contributed by atoms with Gasteiger partial charge in [-0.15, -0.1) is 11.3 Å². The van der Waals surface area contributed by atoms with Gasteiger partial charge in [0.25, 0.3) is 0 Å². The second kappa shape index (κ2) is 6.28. The van der Waals surface area contributed by atoms with Crippen LogP contribution in [0.25, 0.3) is 0 Å². The van der Waals surface area contributed by atoms with Crippen LogP contribution in [0.5, 0.6) is 0 Å². The predicted molar refractivity (Wildman–Crippen MR) is 86.7 cm³/mol. The van der Waals surface area contributed by atoms with Crippen molar-refractivity contribution in [1.29, 1.82) is 0 Å². The van der Waals surface area contributed by atoms with Crippen molar-refractivity contribution in [3.63, 3.8) is 0 Å². The number of hydrogen-bond acceptors (Lipinski definition) is 4. The van der Waals surface area contributed by atoms with Crippen LogP contribution in [0.1, 0.15) is 60.4 Å². The zero-order chi connectivity index (χ0) is 14.8. The fourth-order valence-corrected chi connectivity index (χ4v) is 3.75. The van der Waals surface area contributed by atoms with E-state index in [2.05, 4.69) is 35.6 Å². The lowest BCUT2D eigenvalue weighted by Crippen LogP contribution is -2.26. The van der Waals surface area contributed by atoms with Gasteiger partial charge in [-0.1, -0.05) is 13.8 Å². The van der Waals surface area contributed by atoms with Crippen molar-refractivity contribution in [2.24, 2.45) is 0 Å². The van der Waals surface area contributed by atoms with Crippen molar-refractivity contribution in [1.82, 2.24) is 19.9 Å². The standard InChI is InChI=1S/C16H24N4S/c1-4-8-20-10-17-9-14(20)15(18-12-6-7-12)16-19-13(5-2)11(3)21-16/h9-10,12,15,18H,4-8H2,1-3H3. The first-order chi connectivity index (χ1) is 10.2. The number of nitrogens with zero attached hydrogens (tertiary/aromatic N) is 3. The summed E-state index contributed by atoms with van der Waals surface area (Å²) < 4.78 is 2.27. The van der Waals surface area contributed by atoms with Crippen molar-refractivity contribution in [3.05, 3.63) is 33.8 Å². The zero-order valence-electron chi connectivity index (χ0n) is 13.1. The molecule has 2 heterocycles. The van der Waals surface area contributed by atoms with Gasteiger partial charge in [0.2, 0.25) is 0 Å². The van der Waals surface area contributed by atoms with Crippen LogP contribution < -0.4 is 5.32 Å². The molecule has 1 aliphatic carbocycles. The van der Waals surface area contributed by atoms with Crippen molar-refractivity contribution in [2.45, 2.75) is 65.1 Å². The van der Waals surface area contributed by atoms with E-state index in [0.717, 1.165) is 19.4 Å². The molecular weight excluding hydrogens is 280 g/mol. The molecule has 4 nitrogen and oxygen atoms in total. The van der Waals surface area contributed by atoms with E-state index in [-0.39, 0.29) is 6.04 Å². The van der Waals surface area contributed by atoms with Gasteiger partial charge in [-0.05, 0) is 32.6 Å². The summed E-state index contributed by atoms with van der Waals surface area (Å²) in [6.45, 7) is 7.58. The van der Waals surface area contributed by atoms with E-state index >= 15 is 0 Å². The number of imidazole rings is 1. The molecule has 3 rings (SSSR count). The molecule has 0 saturated heterocycles. The van der Waals surface area contributed by atoms with Gasteiger partial charge in [0.05, 0.1) is 23.9 Å². The van der Waals surface area contributed by atoms with E-state index in [1.807, 2.05) is 23.9 Å². The Morgan fingerprint density at radius 1 is 1.43 bits per heavy atom. The van der Waals surface area contributed by atoms with E-state index in [0.29, 0.717) is 6.04 Å². The Balaban J connectivity index is 1.94. The molecular formula is C16H24N4S. The van der Waals surface area contributed by atoms with Gasteiger partial charge in [0, 0.05) is 17.5 Å². The van der Waals surface area contributed by atoms with Crippen molar-refractivity contribution in [2.75, 3.05) is 0 Å². The van der Waals surface area contributed by atoms with E-state index in [4.69, 9.17) is 4.98 Å². The summed E-state index contributed by atoms with van der Waals surface area (Å²) in [5.74, 6) is 0. The molecule has 1 fully saturated rings. The average Bonchev–Trinajstić information content (AvgIpc) is 3.05. The highest BCUT2D eigenvalue weighted by molar-refractivity contribution is 7.11. The third-order valence-corrected chi connectivity index (χ3v) is 5.05. The maximum Gasteiger partial charge on any atom is 0.116 e. The fourth-order valence-electron chi connectivity index (χ4n) is 2.67. The SMILES string of the molecule is CCCn1cncc1C(NC1CC1)c1nc(CC)c(C)s1. The van der Waals surface area contributed by atoms with Gasteiger partial charge >= 0.3 is 0 Å².